The molecule has 8 nitrogen and oxygen atoms in total. The third-order valence-electron chi connectivity index (χ3n) is 2.41. The number of carboxylic acid groups (broad SMARTS) is 1. The van der Waals surface area contributed by atoms with E-state index in [0.717, 1.165) is 10.7 Å². The molecule has 0 fully saturated rings. The molecule has 0 unspecified atom stereocenters. The Morgan fingerprint density at radius 3 is 2.70 bits per heavy atom. The van der Waals surface area contributed by atoms with Crippen molar-refractivity contribution in [2.24, 2.45) is 0 Å². The number of hydrogen-bond donors (Lipinski definition) is 4. The molecule has 1 heterocycles. The second-order valence-electron chi connectivity index (χ2n) is 3.98. The minimum Gasteiger partial charge on any atom is -0.508 e. The van der Waals surface area contributed by atoms with Crippen molar-refractivity contribution < 1.29 is 24.9 Å². The smallest absolute Gasteiger partial charge is 0.325 e. The van der Waals surface area contributed by atoms with E-state index < -0.39 is 11.9 Å². The van der Waals surface area contributed by atoms with Crippen molar-refractivity contribution in [3.05, 3.63) is 36.2 Å². The third-order valence-corrected chi connectivity index (χ3v) is 2.41. The van der Waals surface area contributed by atoms with Crippen LogP contribution in [-0.2, 0) is 11.3 Å². The number of carbonyl (C=O) groups is 2. The Balaban J connectivity index is 2.11. The Morgan fingerprint density at radius 2 is 2.05 bits per heavy atom. The highest BCUT2D eigenvalue weighted by Crippen LogP contribution is 2.23. The largest absolute Gasteiger partial charge is 0.508 e. The number of nitrogens with one attached hydrogen (secondary N) is 1. The fourth-order valence-electron chi connectivity index (χ4n) is 1.56. The molecule has 2 rings (SSSR count). The van der Waals surface area contributed by atoms with E-state index in [9.17, 15) is 14.7 Å². The predicted octanol–water partition coefficient (Wildman–Crippen LogP) is 0.631. The predicted molar refractivity (Wildman–Crippen MR) is 67.6 cm³/mol. The van der Waals surface area contributed by atoms with Crippen molar-refractivity contribution in [3.8, 4) is 11.5 Å². The molecule has 0 spiro atoms. The molecule has 4 N–H and O–H groups in total. The number of aliphatic carboxylic acids is 1. The fourth-order valence-corrected chi connectivity index (χ4v) is 1.56. The van der Waals surface area contributed by atoms with E-state index in [0.29, 0.717) is 5.69 Å². The summed E-state index contributed by atoms with van der Waals surface area (Å²) in [6, 6.07) is 3.58. The van der Waals surface area contributed by atoms with Gasteiger partial charge in [0, 0.05) is 12.3 Å². The van der Waals surface area contributed by atoms with Crippen LogP contribution < -0.4 is 5.32 Å². The number of aromatic hydroxyl groups is 2. The van der Waals surface area contributed by atoms with Gasteiger partial charge in [-0.2, -0.15) is 5.10 Å². The standard InChI is InChI=1S/C12H11N3O5/c16-8-1-2-9(10(17)3-8)12(20)14-7-4-13-15(5-7)6-11(18)19/h1-5,16-17H,6H2,(H,14,20)(H,18,19). The van der Waals surface area contributed by atoms with Crippen LogP contribution in [0.3, 0.4) is 0 Å². The van der Waals surface area contributed by atoms with E-state index in [-0.39, 0.29) is 23.6 Å². The molecule has 8 heteroatoms. The number of carbonyl (C=O) groups excluding carboxylic acids is 1. The van der Waals surface area contributed by atoms with Gasteiger partial charge in [0.15, 0.2) is 0 Å². The monoisotopic (exact) mass is 277 g/mol. The van der Waals surface area contributed by atoms with Crippen molar-refractivity contribution in [1.82, 2.24) is 9.78 Å². The van der Waals surface area contributed by atoms with Gasteiger partial charge in [0.1, 0.15) is 18.0 Å². The molecule has 0 saturated carbocycles. The molecule has 0 atom stereocenters. The van der Waals surface area contributed by atoms with Crippen molar-refractivity contribution in [2.45, 2.75) is 6.54 Å². The Morgan fingerprint density at radius 1 is 1.30 bits per heavy atom. The van der Waals surface area contributed by atoms with Gasteiger partial charge in [-0.1, -0.05) is 0 Å². The lowest BCUT2D eigenvalue weighted by molar-refractivity contribution is -0.137. The topological polar surface area (TPSA) is 125 Å². The molecular formula is C12H11N3O5. The second-order valence-corrected chi connectivity index (χ2v) is 3.98. The molecular weight excluding hydrogens is 266 g/mol. The number of hydrogen-bond acceptors (Lipinski definition) is 5. The van der Waals surface area contributed by atoms with Gasteiger partial charge < -0.3 is 20.6 Å². The van der Waals surface area contributed by atoms with Gasteiger partial charge in [0.2, 0.25) is 0 Å². The number of amides is 1. The van der Waals surface area contributed by atoms with E-state index in [4.69, 9.17) is 10.2 Å². The Kier molecular flexibility index (Phi) is 3.56. The minimum atomic E-state index is -1.05. The highest BCUT2D eigenvalue weighted by molar-refractivity contribution is 6.06. The Bertz CT molecular complexity index is 665. The number of benzene rings is 1. The number of carboxylic acids is 1. The first kappa shape index (κ1) is 13.4. The molecule has 0 aliphatic carbocycles. The molecule has 1 amide bonds. The number of aromatic nitrogens is 2. The molecule has 1 aromatic heterocycles. The molecule has 0 aliphatic rings. The summed E-state index contributed by atoms with van der Waals surface area (Å²) in [5, 5.41) is 33.5. The van der Waals surface area contributed by atoms with E-state index in [2.05, 4.69) is 10.4 Å². The first-order valence-electron chi connectivity index (χ1n) is 5.53. The zero-order chi connectivity index (χ0) is 14.7. The van der Waals surface area contributed by atoms with Crippen LogP contribution in [0.2, 0.25) is 0 Å². The van der Waals surface area contributed by atoms with Crippen LogP contribution in [-0.4, -0.2) is 37.0 Å². The number of anilines is 1. The normalized spacial score (nSPS) is 10.2. The number of nitrogens with zero attached hydrogens (tertiary/aromatic N) is 2. The Labute approximate surface area is 112 Å². The molecule has 0 saturated heterocycles. The van der Waals surface area contributed by atoms with Gasteiger partial charge in [-0.05, 0) is 12.1 Å². The Hall–Kier alpha value is -3.03. The quantitative estimate of drug-likeness (QED) is 0.649. The lowest BCUT2D eigenvalue weighted by atomic mass is 10.2. The SMILES string of the molecule is O=C(O)Cn1cc(NC(=O)c2ccc(O)cc2O)cn1. The highest BCUT2D eigenvalue weighted by Gasteiger charge is 2.13. The molecule has 1 aromatic carbocycles. The lowest BCUT2D eigenvalue weighted by Gasteiger charge is -2.05. The highest BCUT2D eigenvalue weighted by atomic mass is 16.4. The van der Waals surface area contributed by atoms with Crippen LogP contribution in [0.25, 0.3) is 0 Å². The third kappa shape index (κ3) is 3.05. The molecule has 0 aliphatic heterocycles. The van der Waals surface area contributed by atoms with E-state index >= 15 is 0 Å². The maximum Gasteiger partial charge on any atom is 0.325 e. The van der Waals surface area contributed by atoms with Crippen LogP contribution in [0, 0.1) is 0 Å². The van der Waals surface area contributed by atoms with Crippen LogP contribution in [0.5, 0.6) is 11.5 Å². The zero-order valence-electron chi connectivity index (χ0n) is 10.1. The van der Waals surface area contributed by atoms with Gasteiger partial charge in [-0.15, -0.1) is 0 Å². The van der Waals surface area contributed by atoms with Crippen LogP contribution in [0.4, 0.5) is 5.69 Å². The summed E-state index contributed by atoms with van der Waals surface area (Å²) in [7, 11) is 0. The van der Waals surface area contributed by atoms with Crippen molar-refractivity contribution in [2.75, 3.05) is 5.32 Å². The second kappa shape index (κ2) is 5.31. The van der Waals surface area contributed by atoms with Crippen molar-refractivity contribution in [1.29, 1.82) is 0 Å². The summed E-state index contributed by atoms with van der Waals surface area (Å²) in [5.41, 5.74) is 0.275. The van der Waals surface area contributed by atoms with Crippen LogP contribution in [0.1, 0.15) is 10.4 Å². The molecule has 20 heavy (non-hydrogen) atoms. The van der Waals surface area contributed by atoms with Crippen molar-refractivity contribution >= 4 is 17.6 Å². The summed E-state index contributed by atoms with van der Waals surface area (Å²) in [6.07, 6.45) is 2.64. The summed E-state index contributed by atoms with van der Waals surface area (Å²) in [6.45, 7) is -0.319. The molecule has 0 radical (unpaired) electrons. The van der Waals surface area contributed by atoms with E-state index in [1.807, 2.05) is 0 Å². The summed E-state index contributed by atoms with van der Waals surface area (Å²) in [4.78, 5) is 22.4. The summed E-state index contributed by atoms with van der Waals surface area (Å²) in [5.74, 6) is -2.17. The number of phenols is 2. The first-order valence-corrected chi connectivity index (χ1v) is 5.53. The van der Waals surface area contributed by atoms with Gasteiger partial charge in [-0.25, -0.2) is 0 Å². The summed E-state index contributed by atoms with van der Waals surface area (Å²) < 4.78 is 1.15. The molecule has 104 valence electrons. The van der Waals surface area contributed by atoms with E-state index in [1.165, 1.54) is 24.5 Å². The van der Waals surface area contributed by atoms with Gasteiger partial charge >= 0.3 is 5.97 Å². The average Bonchev–Trinajstić information content (AvgIpc) is 2.75. The van der Waals surface area contributed by atoms with E-state index in [1.54, 1.807) is 0 Å². The maximum atomic E-state index is 11.9. The fraction of sp³-hybridized carbons (Fsp3) is 0.0833. The molecule has 0 bridgehead atoms. The lowest BCUT2D eigenvalue weighted by Crippen LogP contribution is -2.12. The van der Waals surface area contributed by atoms with Crippen LogP contribution in [0.15, 0.2) is 30.6 Å². The van der Waals surface area contributed by atoms with Crippen molar-refractivity contribution in [3.63, 3.8) is 0 Å². The van der Waals surface area contributed by atoms with Crippen LogP contribution >= 0.6 is 0 Å². The maximum absolute atomic E-state index is 11.9. The number of rotatable bonds is 4. The first-order chi connectivity index (χ1) is 9.45. The summed E-state index contributed by atoms with van der Waals surface area (Å²) >= 11 is 0. The average molecular weight is 277 g/mol. The van der Waals surface area contributed by atoms with Gasteiger partial charge in [-0.3, -0.25) is 14.3 Å². The number of phenolic OH excluding ortho intramolecular Hbond substituents is 2. The zero-order valence-corrected chi connectivity index (χ0v) is 10.1. The van der Waals surface area contributed by atoms with Gasteiger partial charge in [0.25, 0.3) is 5.91 Å². The minimum absolute atomic E-state index is 0.0196. The molecule has 2 aromatic rings. The van der Waals surface area contributed by atoms with Gasteiger partial charge in [0.05, 0.1) is 17.4 Å².